The molecular weight excluding hydrogens is 458 g/mol. The zero-order valence-corrected chi connectivity index (χ0v) is 21.2. The van der Waals surface area contributed by atoms with Crippen LogP contribution in [-0.4, -0.2) is 54.2 Å². The molecule has 9 heteroatoms. The van der Waals surface area contributed by atoms with Gasteiger partial charge in [0.2, 0.25) is 0 Å². The third-order valence-corrected chi connectivity index (χ3v) is 6.69. The van der Waals surface area contributed by atoms with Crippen molar-refractivity contribution in [1.82, 2.24) is 9.80 Å². The van der Waals surface area contributed by atoms with Crippen molar-refractivity contribution in [2.45, 2.75) is 40.0 Å². The molecule has 0 radical (unpaired) electrons. The summed E-state index contributed by atoms with van der Waals surface area (Å²) in [7, 11) is 0. The summed E-state index contributed by atoms with van der Waals surface area (Å²) in [5.41, 5.74) is 10.4. The summed E-state index contributed by atoms with van der Waals surface area (Å²) in [6.45, 7) is 9.56. The molecule has 0 unspecified atom stereocenters. The van der Waals surface area contributed by atoms with Crippen LogP contribution in [0.2, 0.25) is 0 Å². The molecule has 2 aromatic rings. The Morgan fingerprint density at radius 3 is 1.64 bits per heavy atom. The van der Waals surface area contributed by atoms with Crippen molar-refractivity contribution in [1.29, 1.82) is 0 Å². The van der Waals surface area contributed by atoms with Gasteiger partial charge in [-0.15, -0.1) is 0 Å². The third-order valence-electron chi connectivity index (χ3n) is 6.69. The first kappa shape index (κ1) is 26.9. The maximum Gasteiger partial charge on any atom is 0.410 e. The van der Waals surface area contributed by atoms with Crippen LogP contribution in [0, 0.1) is 17.8 Å². The summed E-state index contributed by atoms with van der Waals surface area (Å²) in [6, 6.07) is 19.1. The molecule has 2 fully saturated rings. The molecule has 36 heavy (non-hydrogen) atoms. The van der Waals surface area contributed by atoms with Crippen LogP contribution >= 0.6 is 0 Å². The number of ether oxygens (including phenoxy) is 2. The first-order valence-corrected chi connectivity index (χ1v) is 12.3. The number of likely N-dealkylation sites (tertiary alicyclic amines) is 2. The SMILES string of the molecule is C[C@H]1CN(C(=O)OCc2ccccc2)C[C@@H]1C.C[C@H]1CN(C(=O)OCc2ccccc2)C[C@H]1N=[N+]=[N-]. The van der Waals surface area contributed by atoms with Crippen LogP contribution in [0.4, 0.5) is 9.59 Å². The fraction of sp³-hybridized carbons (Fsp3) is 0.481. The Morgan fingerprint density at radius 1 is 0.778 bits per heavy atom. The maximum absolute atomic E-state index is 11.9. The predicted octanol–water partition coefficient (Wildman–Crippen LogP) is 5.86. The van der Waals surface area contributed by atoms with Gasteiger partial charge >= 0.3 is 12.2 Å². The van der Waals surface area contributed by atoms with Gasteiger partial charge in [0, 0.05) is 31.1 Å². The lowest BCUT2D eigenvalue weighted by atomic mass is 10.0. The van der Waals surface area contributed by atoms with Crippen LogP contribution in [0.1, 0.15) is 31.9 Å². The highest BCUT2D eigenvalue weighted by Crippen LogP contribution is 2.23. The number of carbonyl (C=O) groups excluding carboxylic acids is 2. The summed E-state index contributed by atoms with van der Waals surface area (Å²) < 4.78 is 10.5. The van der Waals surface area contributed by atoms with Crippen molar-refractivity contribution in [2.24, 2.45) is 22.9 Å². The van der Waals surface area contributed by atoms with E-state index in [0.717, 1.165) is 24.2 Å². The van der Waals surface area contributed by atoms with Crippen molar-refractivity contribution in [3.05, 3.63) is 82.2 Å². The molecule has 2 aromatic carbocycles. The molecule has 2 amide bonds. The average Bonchev–Trinajstić information content (AvgIpc) is 3.44. The minimum absolute atomic E-state index is 0.158. The van der Waals surface area contributed by atoms with E-state index in [1.54, 1.807) is 9.80 Å². The van der Waals surface area contributed by atoms with Crippen molar-refractivity contribution < 1.29 is 19.1 Å². The molecule has 0 aromatic heterocycles. The van der Waals surface area contributed by atoms with Gasteiger partial charge in [-0.1, -0.05) is 86.5 Å². The van der Waals surface area contributed by atoms with E-state index in [4.69, 9.17) is 15.0 Å². The van der Waals surface area contributed by atoms with Gasteiger partial charge < -0.3 is 19.3 Å². The number of hydrogen-bond donors (Lipinski definition) is 0. The van der Waals surface area contributed by atoms with Crippen LogP contribution in [0.5, 0.6) is 0 Å². The third kappa shape index (κ3) is 7.92. The minimum atomic E-state index is -0.355. The molecule has 2 saturated heterocycles. The van der Waals surface area contributed by atoms with Crippen molar-refractivity contribution in [2.75, 3.05) is 26.2 Å². The standard InChI is InChI=1S/C14H19NO2.C13H16N4O2/c1-11-8-15(9-12(11)2)14(16)17-10-13-6-4-3-5-7-13;1-10-7-17(8-12(10)15-16-14)13(18)19-9-11-5-3-2-4-6-11/h3-7,11-12H,8-10H2,1-2H3;2-6,10,12H,7-9H2,1H3/t11-,12-;10-,12+/m00/s1. The molecule has 9 nitrogen and oxygen atoms in total. The Balaban J connectivity index is 0.000000202. The highest BCUT2D eigenvalue weighted by atomic mass is 16.6. The number of carbonyl (C=O) groups is 2. The lowest BCUT2D eigenvalue weighted by Crippen LogP contribution is -2.29. The van der Waals surface area contributed by atoms with Crippen molar-refractivity contribution in [3.8, 4) is 0 Å². The van der Waals surface area contributed by atoms with Gasteiger partial charge in [0.25, 0.3) is 0 Å². The first-order chi connectivity index (χ1) is 17.4. The van der Waals surface area contributed by atoms with Crippen LogP contribution in [0.25, 0.3) is 10.4 Å². The largest absolute Gasteiger partial charge is 0.445 e. The van der Waals surface area contributed by atoms with E-state index >= 15 is 0 Å². The topological polar surface area (TPSA) is 108 Å². The zero-order chi connectivity index (χ0) is 25.9. The number of azide groups is 1. The quantitative estimate of drug-likeness (QED) is 0.295. The summed E-state index contributed by atoms with van der Waals surface area (Å²) in [5, 5.41) is 3.69. The summed E-state index contributed by atoms with van der Waals surface area (Å²) >= 11 is 0. The minimum Gasteiger partial charge on any atom is -0.445 e. The predicted molar refractivity (Wildman–Crippen MR) is 137 cm³/mol. The van der Waals surface area contributed by atoms with E-state index < -0.39 is 0 Å². The highest BCUT2D eigenvalue weighted by Gasteiger charge is 2.32. The molecule has 0 aliphatic carbocycles. The molecule has 2 aliphatic heterocycles. The zero-order valence-electron chi connectivity index (χ0n) is 21.2. The Labute approximate surface area is 212 Å². The van der Waals surface area contributed by atoms with Crippen LogP contribution in [-0.2, 0) is 22.7 Å². The first-order valence-electron chi connectivity index (χ1n) is 12.3. The molecule has 0 saturated carbocycles. The van der Waals surface area contributed by atoms with Gasteiger partial charge in [0.15, 0.2) is 0 Å². The summed E-state index contributed by atoms with van der Waals surface area (Å²) in [5.74, 6) is 1.30. The van der Waals surface area contributed by atoms with E-state index in [9.17, 15) is 9.59 Å². The van der Waals surface area contributed by atoms with Gasteiger partial charge in [-0.3, -0.25) is 0 Å². The van der Waals surface area contributed by atoms with Crippen LogP contribution in [0.15, 0.2) is 65.8 Å². The Morgan fingerprint density at radius 2 is 1.19 bits per heavy atom. The second-order valence-corrected chi connectivity index (χ2v) is 9.59. The van der Waals surface area contributed by atoms with E-state index in [0.29, 0.717) is 31.5 Å². The van der Waals surface area contributed by atoms with Crippen LogP contribution < -0.4 is 0 Å². The van der Waals surface area contributed by atoms with E-state index in [1.165, 1.54) is 0 Å². The van der Waals surface area contributed by atoms with Crippen molar-refractivity contribution >= 4 is 12.2 Å². The summed E-state index contributed by atoms with van der Waals surface area (Å²) in [4.78, 5) is 29.9. The molecular formula is C27H35N5O4. The van der Waals surface area contributed by atoms with Gasteiger partial charge in [0.05, 0.1) is 6.04 Å². The van der Waals surface area contributed by atoms with E-state index in [-0.39, 0.29) is 30.8 Å². The summed E-state index contributed by atoms with van der Waals surface area (Å²) in [6.07, 6.45) is -0.545. The molecule has 0 bridgehead atoms. The molecule has 0 spiro atoms. The molecule has 2 heterocycles. The Kier molecular flexibility index (Phi) is 10.0. The molecule has 0 N–H and O–H groups in total. The number of rotatable bonds is 5. The fourth-order valence-electron chi connectivity index (χ4n) is 4.22. The Bertz CT molecular complexity index is 1020. The lowest BCUT2D eigenvalue weighted by molar-refractivity contribution is 0.102. The number of amides is 2. The lowest BCUT2D eigenvalue weighted by Gasteiger charge is -2.15. The molecule has 192 valence electrons. The van der Waals surface area contributed by atoms with E-state index in [1.807, 2.05) is 67.6 Å². The van der Waals surface area contributed by atoms with Crippen molar-refractivity contribution in [3.63, 3.8) is 0 Å². The molecule has 4 atom stereocenters. The van der Waals surface area contributed by atoms with Gasteiger partial charge in [-0.05, 0) is 34.4 Å². The highest BCUT2D eigenvalue weighted by molar-refractivity contribution is 5.68. The Hall–Kier alpha value is -3.71. The normalized spacial score (nSPS) is 22.8. The van der Waals surface area contributed by atoms with Gasteiger partial charge in [-0.25, -0.2) is 9.59 Å². The fourth-order valence-corrected chi connectivity index (χ4v) is 4.22. The van der Waals surface area contributed by atoms with Crippen LogP contribution in [0.3, 0.4) is 0 Å². The number of benzene rings is 2. The maximum atomic E-state index is 11.9. The number of hydrogen-bond acceptors (Lipinski definition) is 5. The smallest absolute Gasteiger partial charge is 0.410 e. The second-order valence-electron chi connectivity index (χ2n) is 9.59. The number of nitrogens with zero attached hydrogens (tertiary/aromatic N) is 5. The van der Waals surface area contributed by atoms with Gasteiger partial charge in [0.1, 0.15) is 13.2 Å². The average molecular weight is 494 g/mol. The second kappa shape index (κ2) is 13.4. The molecule has 4 rings (SSSR count). The van der Waals surface area contributed by atoms with Gasteiger partial charge in [-0.2, -0.15) is 0 Å². The monoisotopic (exact) mass is 493 g/mol. The van der Waals surface area contributed by atoms with E-state index in [2.05, 4.69) is 23.9 Å². The molecule has 2 aliphatic rings.